The second-order valence-electron chi connectivity index (χ2n) is 7.16. The molecule has 0 spiro atoms. The second kappa shape index (κ2) is 8.59. The van der Waals surface area contributed by atoms with Crippen LogP contribution in [-0.4, -0.2) is 75.0 Å². The number of aryl methyl sites for hydroxylation is 2. The van der Waals surface area contributed by atoms with Crippen molar-refractivity contribution in [3.8, 4) is 0 Å². The summed E-state index contributed by atoms with van der Waals surface area (Å²) in [5.74, 6) is -0.836. The van der Waals surface area contributed by atoms with Crippen LogP contribution in [0.3, 0.4) is 0 Å². The first-order chi connectivity index (χ1) is 13.3. The van der Waals surface area contributed by atoms with E-state index >= 15 is 0 Å². The Labute approximate surface area is 165 Å². The van der Waals surface area contributed by atoms with Crippen molar-refractivity contribution < 1.29 is 27.5 Å². The lowest BCUT2D eigenvalue weighted by atomic mass is 10.2. The van der Waals surface area contributed by atoms with Crippen LogP contribution >= 0.6 is 0 Å². The zero-order valence-corrected chi connectivity index (χ0v) is 17.0. The Balaban J connectivity index is 1.54. The van der Waals surface area contributed by atoms with E-state index in [0.29, 0.717) is 23.5 Å². The number of hydrogen-bond acceptors (Lipinski definition) is 6. The summed E-state index contributed by atoms with van der Waals surface area (Å²) in [6.45, 7) is 4.76. The smallest absolute Gasteiger partial charge is 0.335 e. The molecule has 0 radical (unpaired) electrons. The van der Waals surface area contributed by atoms with Crippen LogP contribution in [0.15, 0.2) is 23.1 Å². The number of nitrogens with zero attached hydrogens (tertiary/aromatic N) is 2. The first kappa shape index (κ1) is 20.8. The van der Waals surface area contributed by atoms with Gasteiger partial charge in [0.2, 0.25) is 10.0 Å². The molecule has 2 aliphatic rings. The quantitative estimate of drug-likeness (QED) is 0.669. The first-order valence-electron chi connectivity index (χ1n) is 9.42. The molecule has 1 aromatic carbocycles. The number of carbonyl (C=O) groups is 2. The number of amides is 1. The lowest BCUT2D eigenvalue weighted by molar-refractivity contribution is -0.160. The Morgan fingerprint density at radius 2 is 1.89 bits per heavy atom. The summed E-state index contributed by atoms with van der Waals surface area (Å²) in [5.41, 5.74) is 1.58. The van der Waals surface area contributed by atoms with Crippen molar-refractivity contribution in [2.24, 2.45) is 0 Å². The molecule has 0 unspecified atom stereocenters. The topological polar surface area (TPSA) is 93.2 Å². The minimum absolute atomic E-state index is 0.209. The largest absolute Gasteiger partial charge is 0.454 e. The fourth-order valence-electron chi connectivity index (χ4n) is 3.38. The number of ether oxygens (including phenoxy) is 2. The number of carbonyl (C=O) groups excluding carboxylic acids is 2. The maximum atomic E-state index is 12.9. The molecule has 2 aliphatic heterocycles. The van der Waals surface area contributed by atoms with Crippen LogP contribution in [-0.2, 0) is 29.1 Å². The molecule has 0 aromatic heterocycles. The van der Waals surface area contributed by atoms with Gasteiger partial charge in [0.05, 0.1) is 4.90 Å². The molecule has 2 fully saturated rings. The highest BCUT2D eigenvalue weighted by Crippen LogP contribution is 2.22. The van der Waals surface area contributed by atoms with Crippen LogP contribution < -0.4 is 0 Å². The molecule has 8 nitrogen and oxygen atoms in total. The third-order valence-corrected chi connectivity index (χ3v) is 7.12. The van der Waals surface area contributed by atoms with E-state index in [1.54, 1.807) is 19.1 Å². The van der Waals surface area contributed by atoms with Gasteiger partial charge in [-0.2, -0.15) is 4.31 Å². The highest BCUT2D eigenvalue weighted by Gasteiger charge is 2.32. The van der Waals surface area contributed by atoms with Gasteiger partial charge >= 0.3 is 5.97 Å². The highest BCUT2D eigenvalue weighted by atomic mass is 32.2. The summed E-state index contributed by atoms with van der Waals surface area (Å²) in [4.78, 5) is 25.9. The molecular weight excluding hydrogens is 384 g/mol. The van der Waals surface area contributed by atoms with Crippen LogP contribution in [0, 0.1) is 13.8 Å². The predicted molar refractivity (Wildman–Crippen MR) is 101 cm³/mol. The molecule has 1 amide bonds. The highest BCUT2D eigenvalue weighted by molar-refractivity contribution is 7.89. The average Bonchev–Trinajstić information content (AvgIpc) is 3.22. The summed E-state index contributed by atoms with van der Waals surface area (Å²) in [6.07, 6.45) is 0.847. The van der Waals surface area contributed by atoms with Crippen LogP contribution in [0.5, 0.6) is 0 Å². The van der Waals surface area contributed by atoms with Gasteiger partial charge in [0.1, 0.15) is 0 Å². The molecule has 0 bridgehead atoms. The molecular formula is C19H26N2O6S. The summed E-state index contributed by atoms with van der Waals surface area (Å²) >= 11 is 0. The van der Waals surface area contributed by atoms with Gasteiger partial charge < -0.3 is 14.4 Å². The number of sulfonamides is 1. The number of rotatable bonds is 5. The van der Waals surface area contributed by atoms with Gasteiger partial charge in [-0.25, -0.2) is 13.2 Å². The average molecular weight is 410 g/mol. The van der Waals surface area contributed by atoms with E-state index in [0.717, 1.165) is 12.0 Å². The van der Waals surface area contributed by atoms with Gasteiger partial charge in [0.25, 0.3) is 5.91 Å². The summed E-state index contributed by atoms with van der Waals surface area (Å²) < 4.78 is 37.6. The van der Waals surface area contributed by atoms with Crippen molar-refractivity contribution in [3.63, 3.8) is 0 Å². The maximum Gasteiger partial charge on any atom is 0.335 e. The molecule has 0 N–H and O–H groups in total. The molecule has 9 heteroatoms. The van der Waals surface area contributed by atoms with Crippen LogP contribution in [0.4, 0.5) is 0 Å². The van der Waals surface area contributed by atoms with Crippen molar-refractivity contribution in [2.45, 2.75) is 37.7 Å². The standard InChI is InChI=1S/C19H26N2O6S/c1-14-5-6-15(2)17(12-14)28(24,25)21-9-7-20(8-10-21)18(22)13-27-19(23)16-4-3-11-26-16/h5-6,12,16H,3-4,7-11,13H2,1-2H3/t16-/m0/s1. The van der Waals surface area contributed by atoms with Gasteiger partial charge in [0, 0.05) is 32.8 Å². The number of hydrogen-bond donors (Lipinski definition) is 0. The van der Waals surface area contributed by atoms with Gasteiger partial charge in [0.15, 0.2) is 12.7 Å². The van der Waals surface area contributed by atoms with Gasteiger partial charge in [-0.3, -0.25) is 4.79 Å². The van der Waals surface area contributed by atoms with Crippen LogP contribution in [0.25, 0.3) is 0 Å². The summed E-state index contributed by atoms with van der Waals surface area (Å²) in [7, 11) is -3.61. The van der Waals surface area contributed by atoms with Gasteiger partial charge in [-0.1, -0.05) is 12.1 Å². The molecule has 28 heavy (non-hydrogen) atoms. The van der Waals surface area contributed by atoms with E-state index in [-0.39, 0.29) is 38.7 Å². The van der Waals surface area contributed by atoms with Crippen molar-refractivity contribution >= 4 is 21.9 Å². The van der Waals surface area contributed by atoms with Crippen LogP contribution in [0.1, 0.15) is 24.0 Å². The zero-order chi connectivity index (χ0) is 20.3. The molecule has 0 aliphatic carbocycles. The van der Waals surface area contributed by atoms with Crippen molar-refractivity contribution in [3.05, 3.63) is 29.3 Å². The lowest BCUT2D eigenvalue weighted by Gasteiger charge is -2.34. The summed E-state index contributed by atoms with van der Waals surface area (Å²) in [5, 5.41) is 0. The third-order valence-electron chi connectivity index (χ3n) is 5.08. The van der Waals surface area contributed by atoms with Crippen LogP contribution in [0.2, 0.25) is 0 Å². The Bertz CT molecular complexity index is 840. The first-order valence-corrected chi connectivity index (χ1v) is 10.9. The van der Waals surface area contributed by atoms with Crippen molar-refractivity contribution in [1.29, 1.82) is 0 Å². The molecule has 154 valence electrons. The van der Waals surface area contributed by atoms with Gasteiger partial charge in [-0.15, -0.1) is 0 Å². The molecule has 1 atom stereocenters. The van der Waals surface area contributed by atoms with E-state index in [4.69, 9.17) is 9.47 Å². The molecule has 3 rings (SSSR count). The van der Waals surface area contributed by atoms with E-state index < -0.39 is 22.1 Å². The second-order valence-corrected chi connectivity index (χ2v) is 9.07. The molecule has 1 aromatic rings. The number of esters is 1. The molecule has 2 heterocycles. The SMILES string of the molecule is Cc1ccc(C)c(S(=O)(=O)N2CCN(C(=O)COC(=O)[C@@H]3CCCO3)CC2)c1. The van der Waals surface area contributed by atoms with Gasteiger partial charge in [-0.05, 0) is 43.9 Å². The van der Waals surface area contributed by atoms with E-state index in [2.05, 4.69) is 0 Å². The molecule has 0 saturated carbocycles. The zero-order valence-electron chi connectivity index (χ0n) is 16.2. The maximum absolute atomic E-state index is 12.9. The normalized spacial score (nSPS) is 20.9. The number of piperazine rings is 1. The fraction of sp³-hybridized carbons (Fsp3) is 0.579. The van der Waals surface area contributed by atoms with E-state index in [1.165, 1.54) is 9.21 Å². The van der Waals surface area contributed by atoms with E-state index in [9.17, 15) is 18.0 Å². The molecule has 2 saturated heterocycles. The van der Waals surface area contributed by atoms with Crippen molar-refractivity contribution in [2.75, 3.05) is 39.4 Å². The Morgan fingerprint density at radius 3 is 2.54 bits per heavy atom. The summed E-state index contributed by atoms with van der Waals surface area (Å²) in [6, 6.07) is 5.35. The minimum atomic E-state index is -3.61. The minimum Gasteiger partial charge on any atom is -0.454 e. The van der Waals surface area contributed by atoms with Crippen molar-refractivity contribution in [1.82, 2.24) is 9.21 Å². The monoisotopic (exact) mass is 410 g/mol. The number of benzene rings is 1. The Kier molecular flexibility index (Phi) is 6.36. The Morgan fingerprint density at radius 1 is 1.18 bits per heavy atom. The predicted octanol–water partition coefficient (Wildman–Crippen LogP) is 0.859. The Hall–Kier alpha value is -1.97. The third kappa shape index (κ3) is 4.53. The van der Waals surface area contributed by atoms with E-state index in [1.807, 2.05) is 13.0 Å². The lowest BCUT2D eigenvalue weighted by Crippen LogP contribution is -2.51. The fourth-order valence-corrected chi connectivity index (χ4v) is 5.11.